The quantitative estimate of drug-likeness (QED) is 0.101. The molecule has 0 bridgehead atoms. The van der Waals surface area contributed by atoms with Crippen LogP contribution in [0.15, 0.2) is 0 Å². The second-order valence-corrected chi connectivity index (χ2v) is 2.18. The van der Waals surface area contributed by atoms with Gasteiger partial charge in [-0.15, -0.1) is 0 Å². The second kappa shape index (κ2) is 3310. The number of rotatable bonds is 0. The molecule has 0 aliphatic rings. The molecule has 0 aliphatic carbocycles. The topological polar surface area (TPSA) is 0 Å². The Morgan fingerprint density at radius 2 is 0.350 bits per heavy atom. The number of halogens is 5. The van der Waals surface area contributed by atoms with Gasteiger partial charge in [0, 0.05) is 0 Å². The van der Waals surface area contributed by atoms with Crippen molar-refractivity contribution in [3.8, 4) is 0 Å². The molecular formula is C34H133F3I2S. The number of alkyl halides is 2. The Balaban J connectivity index is -0.000000000523. The summed E-state index contributed by atoms with van der Waals surface area (Å²) in [5.74, 6) is 0. The Hall–Kier alpha value is 1.34. The summed E-state index contributed by atoms with van der Waals surface area (Å²) in [7, 11) is 0. The van der Waals surface area contributed by atoms with Crippen LogP contribution in [-0.2, 0) is 0 Å². The van der Waals surface area contributed by atoms with Gasteiger partial charge in [-0.1, -0.05) is 242 Å². The number of hydrogen-bond donors (Lipinski definition) is 0. The summed E-state index contributed by atoms with van der Waals surface area (Å²) in [6.07, 6.45) is 0. The van der Waals surface area contributed by atoms with E-state index in [1.165, 1.54) is 9.86 Å². The fraction of sp³-hybridized carbons (Fsp3) is 0.971. The van der Waals surface area contributed by atoms with Crippen molar-refractivity contribution in [2.24, 2.45) is 0 Å². The molecule has 0 heterocycles. The Kier molecular flexibility index (Phi) is 63900. The maximum atomic E-state index is 10.8. The number of hydrogen-bond acceptors (Lipinski definition) is 1. The molecule has 310 valence electrons. The Bertz CT molecular complexity index is 84.3. The van der Waals surface area contributed by atoms with Crippen LogP contribution in [0.1, 0.15) is 230 Å². The van der Waals surface area contributed by atoms with Gasteiger partial charge in [0.1, 0.15) is 5.62 Å². The van der Waals surface area contributed by atoms with Gasteiger partial charge in [-0.05, 0) is 0 Å². The molecule has 0 saturated carbocycles. The summed E-state index contributed by atoms with van der Waals surface area (Å²) >= 11 is -1.42. The van der Waals surface area contributed by atoms with Gasteiger partial charge in [-0.2, -0.15) is 0 Å². The molecule has 0 amide bonds. The van der Waals surface area contributed by atoms with E-state index in [2.05, 4.69) is 12.2 Å². The molecule has 40 heavy (non-hydrogen) atoms. The summed E-state index contributed by atoms with van der Waals surface area (Å²) in [5, 5.41) is 0. The fourth-order valence-electron chi connectivity index (χ4n) is 0. The van der Waals surface area contributed by atoms with Gasteiger partial charge in [-0.3, -0.25) is 0 Å². The molecule has 0 aromatic carbocycles. The van der Waals surface area contributed by atoms with Crippen LogP contribution in [0.2, 0.25) is 0 Å². The van der Waals surface area contributed by atoms with E-state index in [-0.39, 0.29) is 236 Å². The van der Waals surface area contributed by atoms with Gasteiger partial charge in [0.2, 0.25) is 0 Å². The summed E-state index contributed by atoms with van der Waals surface area (Å²) in [6, 6.07) is 0. The molecule has 0 nitrogen and oxygen atoms in total. The maximum absolute atomic E-state index is 10.8. The van der Waals surface area contributed by atoms with E-state index in [0.717, 1.165) is 0 Å². The first-order valence-electron chi connectivity index (χ1n) is 2.25. The van der Waals surface area contributed by atoms with Crippen LogP contribution in [0, 0.1) is 0 Å². The summed E-state index contributed by atoms with van der Waals surface area (Å²) in [5.41, 5.74) is 0.0833. The van der Waals surface area contributed by atoms with Gasteiger partial charge < -0.3 is 0 Å². The van der Waals surface area contributed by atoms with Crippen LogP contribution in [0.3, 0.4) is 0 Å². The molecule has 0 spiro atoms. The van der Waals surface area contributed by atoms with Crippen molar-refractivity contribution in [2.75, 3.05) is 9.86 Å². The van der Waals surface area contributed by atoms with Crippen molar-refractivity contribution in [1.29, 1.82) is 1.19 Å². The molecule has 0 atom stereocenters. The van der Waals surface area contributed by atoms with Gasteiger partial charge in [0.25, 0.3) is 0 Å². The molecular weight excluding hydrogens is 751 g/mol. The molecule has 0 N–H and O–H groups in total. The van der Waals surface area contributed by atoms with Gasteiger partial charge in [0.15, 0.2) is 0 Å². The van der Waals surface area contributed by atoms with Crippen molar-refractivity contribution >= 4 is 61.0 Å². The third kappa shape index (κ3) is 32200. The first kappa shape index (κ1) is 771. The van der Waals surface area contributed by atoms with E-state index in [1.807, 2.05) is 0 Å². The molecule has 0 aliphatic heterocycles. The second-order valence-electron chi connectivity index (χ2n) is 0.375. The van der Waals surface area contributed by atoms with Gasteiger partial charge in [0.05, 0.1) is 0 Å². The van der Waals surface area contributed by atoms with Crippen LogP contribution in [0.4, 0.5) is 10.1 Å². The third-order valence-corrected chi connectivity index (χ3v) is 0. The van der Waals surface area contributed by atoms with Crippen molar-refractivity contribution < 1.29 is 10.1 Å². The summed E-state index contributed by atoms with van der Waals surface area (Å²) < 4.78 is 43.8. The zero-order chi connectivity index (χ0) is 9.86. The van der Waals surface area contributed by atoms with Gasteiger partial charge in [-0.25, -0.2) is 4.39 Å². The molecule has 0 aromatic rings. The SMILES string of the molecule is C.C.C.C.C.C.C.C.C.C.C.C.C.C.C.C.C.C.C.C.C.C.C.C.C.C.C.C.C.C.C.FC=S.[3H]I(C)F.[3H]I(C)F. The normalized spacial score (nSPS) is 2.62. The van der Waals surface area contributed by atoms with Crippen LogP contribution in [-0.4, -0.2) is 16.7 Å². The molecule has 0 unspecified atom stereocenters. The predicted octanol–water partition coefficient (Wildman–Crippen LogP) is 23.0. The zero-order valence-electron chi connectivity index (χ0n) is 6.88. The molecule has 0 radical (unpaired) electrons. The molecule has 0 saturated heterocycles. The Labute approximate surface area is 310 Å². The standard InChI is InChI=1S/2CH4FI.CHFS.31CH4/c2*1-3-2;2-1-3;;;;;;;;;;;;;;;;;;;;;;;;;;;;;;;/h2*3H,1H3;1H;31*1H4/i2*3T;;;;;;;;;;;;;;;;;;;;;;;;;;;;;;;;. The van der Waals surface area contributed by atoms with Crippen LogP contribution < -0.4 is 0 Å². The Morgan fingerprint density at radius 3 is 0.350 bits per heavy atom. The average Bonchev–Trinajstić information content (AvgIpc) is 1.60. The van der Waals surface area contributed by atoms with Crippen molar-refractivity contribution in [2.45, 2.75) is 230 Å². The predicted molar refractivity (Wildman–Crippen MR) is 268 cm³/mol. The fourth-order valence-corrected chi connectivity index (χ4v) is 0. The molecule has 0 rings (SSSR count). The average molecular weight is 889 g/mol. The Morgan fingerprint density at radius 1 is 0.350 bits per heavy atom. The molecule has 0 aromatic heterocycles. The van der Waals surface area contributed by atoms with E-state index in [4.69, 9.17) is 1.19 Å². The van der Waals surface area contributed by atoms with E-state index >= 15 is 0 Å². The zero-order valence-corrected chi connectivity index (χ0v) is 10.0. The van der Waals surface area contributed by atoms with E-state index in [1.54, 1.807) is 0 Å². The van der Waals surface area contributed by atoms with Crippen LogP contribution in [0.25, 0.3) is 0 Å². The number of thiocarbonyl (C=S) groups is 1. The minimum atomic E-state index is -2.51. The van der Waals surface area contributed by atoms with Crippen molar-refractivity contribution in [3.63, 3.8) is 0 Å². The first-order valence-corrected chi connectivity index (χ1v) is 7.91. The van der Waals surface area contributed by atoms with Crippen LogP contribution in [0.5, 0.6) is 0 Å². The van der Waals surface area contributed by atoms with Gasteiger partial charge >= 0.3 is 59.9 Å². The monoisotopic (exact) mass is 889 g/mol. The first-order chi connectivity index (χ1) is 4.88. The van der Waals surface area contributed by atoms with E-state index < -0.39 is 43.2 Å². The van der Waals surface area contributed by atoms with Crippen molar-refractivity contribution in [1.82, 2.24) is 0 Å². The van der Waals surface area contributed by atoms with E-state index in [9.17, 15) is 10.1 Å². The molecule has 0 fully saturated rings. The van der Waals surface area contributed by atoms with Crippen molar-refractivity contribution in [3.05, 3.63) is 0 Å². The summed E-state index contributed by atoms with van der Waals surface area (Å²) in [4.78, 5) is 2.65. The summed E-state index contributed by atoms with van der Waals surface area (Å²) in [6.45, 7) is 0. The van der Waals surface area contributed by atoms with Crippen LogP contribution >= 0.6 is 55.4 Å². The third-order valence-electron chi connectivity index (χ3n) is 0. The minimum absolute atomic E-state index is 0. The van der Waals surface area contributed by atoms with E-state index in [0.29, 0.717) is 0 Å². The molecule has 6 heteroatoms.